The number of pyridine rings is 1. The number of nitrogens with zero attached hydrogens (tertiary/aromatic N) is 2. The van der Waals surface area contributed by atoms with Crippen LogP contribution in [0.3, 0.4) is 0 Å². The van der Waals surface area contributed by atoms with E-state index in [1.807, 2.05) is 24.3 Å². The number of aromatic amines is 1. The summed E-state index contributed by atoms with van der Waals surface area (Å²) in [5.74, 6) is 0.0783. The molecule has 1 aromatic carbocycles. The lowest BCUT2D eigenvalue weighted by atomic mass is 10.0. The van der Waals surface area contributed by atoms with Crippen LogP contribution in [0.25, 0.3) is 22.3 Å². The van der Waals surface area contributed by atoms with Crippen molar-refractivity contribution in [3.8, 4) is 17.1 Å². The number of anilines is 1. The Balaban J connectivity index is 1.26. The van der Waals surface area contributed by atoms with E-state index < -0.39 is 11.9 Å². The maximum Gasteiger partial charge on any atom is 0.407 e. The molecule has 2 saturated heterocycles. The zero-order chi connectivity index (χ0) is 24.4. The molecule has 10 heteroatoms. The predicted octanol–water partition coefficient (Wildman–Crippen LogP) is 3.22. The third-order valence-corrected chi connectivity index (χ3v) is 6.58. The molecule has 2 aliphatic heterocycles. The minimum atomic E-state index is -0.419. The summed E-state index contributed by atoms with van der Waals surface area (Å²) in [6, 6.07) is 11.0. The molecule has 9 nitrogen and oxygen atoms in total. The Morgan fingerprint density at radius 3 is 2.74 bits per heavy atom. The lowest BCUT2D eigenvalue weighted by Crippen LogP contribution is -2.44. The molecule has 2 atom stereocenters. The Bertz CT molecular complexity index is 1180. The van der Waals surface area contributed by atoms with Gasteiger partial charge in [0.1, 0.15) is 11.8 Å². The number of hydrogen-bond donors (Lipinski definition) is 3. The molecule has 0 bridgehead atoms. The van der Waals surface area contributed by atoms with E-state index in [0.29, 0.717) is 35.5 Å². The van der Waals surface area contributed by atoms with Crippen LogP contribution in [-0.2, 0) is 9.47 Å². The van der Waals surface area contributed by atoms with E-state index in [9.17, 15) is 14.3 Å². The minimum absolute atomic E-state index is 0.0354. The molecule has 1 amide bonds. The predicted molar refractivity (Wildman–Crippen MR) is 128 cm³/mol. The number of ether oxygens (including phenoxy) is 3. The first-order valence-electron chi connectivity index (χ1n) is 11.8. The second-order valence-corrected chi connectivity index (χ2v) is 8.94. The first-order valence-corrected chi connectivity index (χ1v) is 11.8. The lowest BCUT2D eigenvalue weighted by Gasteiger charge is -2.33. The van der Waals surface area contributed by atoms with Crippen molar-refractivity contribution in [2.45, 2.75) is 37.5 Å². The maximum absolute atomic E-state index is 14.9. The zero-order valence-corrected chi connectivity index (χ0v) is 19.5. The Labute approximate surface area is 202 Å². The summed E-state index contributed by atoms with van der Waals surface area (Å²) in [5.41, 5.74) is 3.18. The fraction of sp³-hybridized carbons (Fsp3) is 0.440. The van der Waals surface area contributed by atoms with Gasteiger partial charge < -0.3 is 34.5 Å². The third-order valence-electron chi connectivity index (χ3n) is 6.58. The monoisotopic (exact) mass is 484 g/mol. The Hall–Kier alpha value is -3.37. The van der Waals surface area contributed by atoms with Gasteiger partial charge in [-0.1, -0.05) is 12.1 Å². The van der Waals surface area contributed by atoms with Gasteiger partial charge in [-0.25, -0.2) is 14.2 Å². The number of piperidine rings is 1. The molecule has 3 aromatic rings. The second-order valence-electron chi connectivity index (χ2n) is 8.94. The van der Waals surface area contributed by atoms with Gasteiger partial charge in [-0.2, -0.15) is 0 Å². The van der Waals surface area contributed by atoms with Gasteiger partial charge in [-0.3, -0.25) is 0 Å². The SMILES string of the molecule is COC(=O)NC1CCN(c2ccc(-c3nc4cc(O[C@@H]5CO[C@H](CO)C5)[nH]c4cc3F)cc2)CC1. The number of alkyl carbamates (subject to hydrolysis) is 1. The zero-order valence-electron chi connectivity index (χ0n) is 19.5. The van der Waals surface area contributed by atoms with Crippen LogP contribution in [0.2, 0.25) is 0 Å². The molecule has 186 valence electrons. The van der Waals surface area contributed by atoms with Gasteiger partial charge in [0.05, 0.1) is 37.5 Å². The topological polar surface area (TPSA) is 109 Å². The molecule has 4 heterocycles. The number of carbonyl (C=O) groups excluding carboxylic acids is 1. The summed E-state index contributed by atoms with van der Waals surface area (Å²) in [5, 5.41) is 12.1. The molecular formula is C25H29FN4O5. The van der Waals surface area contributed by atoms with Crippen LogP contribution in [0.5, 0.6) is 5.88 Å². The van der Waals surface area contributed by atoms with Crippen molar-refractivity contribution in [3.05, 3.63) is 42.2 Å². The maximum atomic E-state index is 14.9. The lowest BCUT2D eigenvalue weighted by molar-refractivity contribution is 0.0531. The minimum Gasteiger partial charge on any atom is -0.473 e. The molecule has 35 heavy (non-hydrogen) atoms. The first-order chi connectivity index (χ1) is 17.0. The highest BCUT2D eigenvalue weighted by atomic mass is 19.1. The van der Waals surface area contributed by atoms with Crippen molar-refractivity contribution in [2.24, 2.45) is 0 Å². The number of H-pyrrole nitrogens is 1. The van der Waals surface area contributed by atoms with Gasteiger partial charge in [0.2, 0.25) is 0 Å². The standard InChI is InChI=1S/C25H29FN4O5/c1-33-25(32)27-16-6-8-30(9-7-16)17-4-2-15(3-5-17)24-20(26)11-21-22(29-24)12-23(28-21)35-19-10-18(13-31)34-14-19/h2-5,11-12,16,18-19,28,31H,6-10,13-14H2,1H3,(H,27,32)/t18-,19-/m0/s1. The largest absolute Gasteiger partial charge is 0.473 e. The second kappa shape index (κ2) is 10.1. The molecule has 2 aromatic heterocycles. The number of aliphatic hydroxyl groups is 1. The number of hydrogen-bond acceptors (Lipinski definition) is 7. The van der Waals surface area contributed by atoms with E-state index >= 15 is 0 Å². The highest BCUT2D eigenvalue weighted by molar-refractivity contribution is 5.81. The van der Waals surface area contributed by atoms with Gasteiger partial charge in [-0.05, 0) is 25.0 Å². The van der Waals surface area contributed by atoms with Gasteiger partial charge in [0.25, 0.3) is 0 Å². The molecular weight excluding hydrogens is 455 g/mol. The van der Waals surface area contributed by atoms with Crippen molar-refractivity contribution in [1.29, 1.82) is 0 Å². The fourth-order valence-electron chi connectivity index (χ4n) is 4.67. The molecule has 2 fully saturated rings. The summed E-state index contributed by atoms with van der Waals surface area (Å²) in [7, 11) is 1.36. The molecule has 0 aliphatic carbocycles. The fourth-order valence-corrected chi connectivity index (χ4v) is 4.67. The number of nitrogens with one attached hydrogen (secondary N) is 2. The van der Waals surface area contributed by atoms with Crippen LogP contribution in [0.15, 0.2) is 36.4 Å². The number of aromatic nitrogens is 2. The number of aliphatic hydroxyl groups excluding tert-OH is 1. The number of rotatable bonds is 6. The van der Waals surface area contributed by atoms with E-state index in [2.05, 4.69) is 24.9 Å². The Kier molecular flexibility index (Phi) is 6.74. The molecule has 5 rings (SSSR count). The number of fused-ring (bicyclic) bond motifs is 1. The summed E-state index contributed by atoms with van der Waals surface area (Å²) in [4.78, 5) is 21.3. The molecule has 3 N–H and O–H groups in total. The van der Waals surface area contributed by atoms with Crippen LogP contribution in [0.4, 0.5) is 14.9 Å². The quantitative estimate of drug-likeness (QED) is 0.493. The van der Waals surface area contributed by atoms with Crippen molar-refractivity contribution < 1.29 is 28.5 Å². The Morgan fingerprint density at radius 2 is 2.06 bits per heavy atom. The van der Waals surface area contributed by atoms with Crippen LogP contribution < -0.4 is 15.0 Å². The summed E-state index contributed by atoms with van der Waals surface area (Å²) < 4.78 is 30.9. The van der Waals surface area contributed by atoms with Gasteiger partial charge in [0, 0.05) is 48.9 Å². The smallest absolute Gasteiger partial charge is 0.407 e. The number of benzene rings is 1. The summed E-state index contributed by atoms with van der Waals surface area (Å²) in [6.45, 7) is 1.99. The van der Waals surface area contributed by atoms with Gasteiger partial charge >= 0.3 is 6.09 Å². The van der Waals surface area contributed by atoms with E-state index in [1.54, 1.807) is 6.07 Å². The van der Waals surface area contributed by atoms with Crippen LogP contribution in [0, 0.1) is 5.82 Å². The number of carbonyl (C=O) groups is 1. The van der Waals surface area contributed by atoms with Gasteiger partial charge in [0.15, 0.2) is 11.7 Å². The number of methoxy groups -OCH3 is 1. The normalized spacial score (nSPS) is 20.8. The van der Waals surface area contributed by atoms with E-state index in [-0.39, 0.29) is 30.6 Å². The third kappa shape index (κ3) is 5.18. The highest BCUT2D eigenvalue weighted by Crippen LogP contribution is 2.30. The molecule has 2 aliphatic rings. The van der Waals surface area contributed by atoms with E-state index in [1.165, 1.54) is 13.2 Å². The molecule has 0 spiro atoms. The van der Waals surface area contributed by atoms with Gasteiger partial charge in [-0.15, -0.1) is 0 Å². The molecule has 0 unspecified atom stereocenters. The van der Waals surface area contributed by atoms with Crippen molar-refractivity contribution in [3.63, 3.8) is 0 Å². The summed E-state index contributed by atoms with van der Waals surface area (Å²) in [6.07, 6.45) is 1.48. The van der Waals surface area contributed by atoms with Crippen molar-refractivity contribution >= 4 is 22.8 Å². The van der Waals surface area contributed by atoms with Crippen molar-refractivity contribution in [2.75, 3.05) is 38.3 Å². The molecule has 0 saturated carbocycles. The van der Waals surface area contributed by atoms with Crippen LogP contribution >= 0.6 is 0 Å². The highest BCUT2D eigenvalue weighted by Gasteiger charge is 2.27. The first kappa shape index (κ1) is 23.4. The van der Waals surface area contributed by atoms with E-state index in [0.717, 1.165) is 31.6 Å². The average Bonchev–Trinajstić information content (AvgIpc) is 3.50. The summed E-state index contributed by atoms with van der Waals surface area (Å²) >= 11 is 0. The van der Waals surface area contributed by atoms with E-state index in [4.69, 9.17) is 9.47 Å². The molecule has 0 radical (unpaired) electrons. The number of amides is 1. The Morgan fingerprint density at radius 1 is 1.29 bits per heavy atom. The van der Waals surface area contributed by atoms with Crippen molar-refractivity contribution in [1.82, 2.24) is 15.3 Å². The average molecular weight is 485 g/mol. The van der Waals surface area contributed by atoms with Crippen LogP contribution in [0.1, 0.15) is 19.3 Å². The van der Waals surface area contributed by atoms with Crippen LogP contribution in [-0.4, -0.2) is 72.8 Å². The number of halogens is 1.